The number of aliphatic hydroxyl groups is 1. The summed E-state index contributed by atoms with van der Waals surface area (Å²) in [5.41, 5.74) is 7.71. The van der Waals surface area contributed by atoms with E-state index in [2.05, 4.69) is 4.90 Å². The zero-order chi connectivity index (χ0) is 15.1. The molecule has 0 atom stereocenters. The van der Waals surface area contributed by atoms with Crippen LogP contribution in [0.1, 0.15) is 18.4 Å². The van der Waals surface area contributed by atoms with Gasteiger partial charge < -0.3 is 15.7 Å². The molecule has 0 aromatic heterocycles. The summed E-state index contributed by atoms with van der Waals surface area (Å²) in [4.78, 5) is 16.5. The number of β-amino-alcohol motifs (C(OH)–C–C–N with tert-alkyl or cyclic N) is 1. The van der Waals surface area contributed by atoms with E-state index in [1.165, 1.54) is 0 Å². The molecule has 2 rings (SSSR count). The minimum Gasteiger partial charge on any atom is -0.399 e. The number of aliphatic hydroxyl groups excluding tert-OH is 1. The lowest BCUT2D eigenvalue weighted by Gasteiger charge is -2.21. The summed E-state index contributed by atoms with van der Waals surface area (Å²) in [6, 6.07) is 7.71. The predicted molar refractivity (Wildman–Crippen MR) is 83.9 cm³/mol. The van der Waals surface area contributed by atoms with E-state index in [0.717, 1.165) is 43.9 Å². The van der Waals surface area contributed by atoms with Gasteiger partial charge in [-0.2, -0.15) is 0 Å². The third-order valence-corrected chi connectivity index (χ3v) is 4.02. The second-order valence-electron chi connectivity index (χ2n) is 5.50. The SMILES string of the molecule is Nc1ccccc1CCC(=O)N1CCCN(CCO)CC1. The number of hydrogen-bond acceptors (Lipinski definition) is 4. The van der Waals surface area contributed by atoms with Crippen molar-refractivity contribution in [2.75, 3.05) is 45.1 Å². The number of benzene rings is 1. The van der Waals surface area contributed by atoms with E-state index >= 15 is 0 Å². The molecule has 0 radical (unpaired) electrons. The Hall–Kier alpha value is -1.59. The maximum absolute atomic E-state index is 12.3. The molecule has 0 bridgehead atoms. The van der Waals surface area contributed by atoms with Gasteiger partial charge in [-0.05, 0) is 31.0 Å². The topological polar surface area (TPSA) is 69.8 Å². The summed E-state index contributed by atoms with van der Waals surface area (Å²) in [7, 11) is 0. The molecule has 0 aliphatic carbocycles. The third kappa shape index (κ3) is 4.72. The van der Waals surface area contributed by atoms with E-state index in [1.54, 1.807) is 0 Å². The summed E-state index contributed by atoms with van der Waals surface area (Å²) in [5, 5.41) is 8.99. The number of amides is 1. The van der Waals surface area contributed by atoms with Crippen molar-refractivity contribution in [2.45, 2.75) is 19.3 Å². The highest BCUT2D eigenvalue weighted by molar-refractivity contribution is 5.76. The summed E-state index contributed by atoms with van der Waals surface area (Å²) < 4.78 is 0. The Morgan fingerprint density at radius 2 is 2.00 bits per heavy atom. The first kappa shape index (κ1) is 15.8. The molecule has 5 heteroatoms. The average molecular weight is 291 g/mol. The van der Waals surface area contributed by atoms with E-state index in [-0.39, 0.29) is 12.5 Å². The zero-order valence-corrected chi connectivity index (χ0v) is 12.5. The van der Waals surface area contributed by atoms with Crippen molar-refractivity contribution >= 4 is 11.6 Å². The Balaban J connectivity index is 1.82. The van der Waals surface area contributed by atoms with Crippen molar-refractivity contribution in [3.63, 3.8) is 0 Å². The van der Waals surface area contributed by atoms with E-state index in [4.69, 9.17) is 10.8 Å². The molecule has 5 nitrogen and oxygen atoms in total. The first-order valence-electron chi connectivity index (χ1n) is 7.65. The van der Waals surface area contributed by atoms with E-state index in [1.807, 2.05) is 29.2 Å². The number of carbonyl (C=O) groups is 1. The van der Waals surface area contributed by atoms with Crippen molar-refractivity contribution in [1.29, 1.82) is 0 Å². The molecule has 0 saturated carbocycles. The minimum absolute atomic E-state index is 0.182. The number of carbonyl (C=O) groups excluding carboxylic acids is 1. The molecule has 1 saturated heterocycles. The second kappa shape index (κ2) is 8.00. The van der Waals surface area contributed by atoms with Crippen molar-refractivity contribution in [3.8, 4) is 0 Å². The number of hydrogen-bond donors (Lipinski definition) is 2. The highest BCUT2D eigenvalue weighted by Crippen LogP contribution is 2.14. The molecule has 1 fully saturated rings. The van der Waals surface area contributed by atoms with Crippen LogP contribution in [0.2, 0.25) is 0 Å². The standard InChI is InChI=1S/C16H25N3O2/c17-15-5-2-1-4-14(15)6-7-16(21)19-9-3-8-18(10-11-19)12-13-20/h1-2,4-5,20H,3,6-13,17H2. The van der Waals surface area contributed by atoms with Gasteiger partial charge in [0.05, 0.1) is 6.61 Å². The van der Waals surface area contributed by atoms with Crippen molar-refractivity contribution in [3.05, 3.63) is 29.8 Å². The first-order valence-corrected chi connectivity index (χ1v) is 7.65. The monoisotopic (exact) mass is 291 g/mol. The zero-order valence-electron chi connectivity index (χ0n) is 12.5. The minimum atomic E-state index is 0.182. The normalized spacial score (nSPS) is 16.7. The molecule has 1 heterocycles. The van der Waals surface area contributed by atoms with Crippen LogP contribution in [0.25, 0.3) is 0 Å². The van der Waals surface area contributed by atoms with Crippen LogP contribution in [0, 0.1) is 0 Å². The molecule has 0 spiro atoms. The molecule has 116 valence electrons. The Morgan fingerprint density at radius 3 is 2.76 bits per heavy atom. The fourth-order valence-electron chi connectivity index (χ4n) is 2.75. The van der Waals surface area contributed by atoms with Gasteiger partial charge in [-0.25, -0.2) is 0 Å². The van der Waals surface area contributed by atoms with Crippen molar-refractivity contribution in [2.24, 2.45) is 0 Å². The Morgan fingerprint density at radius 1 is 1.19 bits per heavy atom. The van der Waals surface area contributed by atoms with Crippen LogP contribution < -0.4 is 5.73 Å². The molecule has 21 heavy (non-hydrogen) atoms. The lowest BCUT2D eigenvalue weighted by Crippen LogP contribution is -2.36. The molecular formula is C16H25N3O2. The number of anilines is 1. The van der Waals surface area contributed by atoms with Gasteiger partial charge in [0.1, 0.15) is 0 Å². The van der Waals surface area contributed by atoms with Gasteiger partial charge in [-0.3, -0.25) is 9.69 Å². The van der Waals surface area contributed by atoms with Crippen LogP contribution in [0.4, 0.5) is 5.69 Å². The lowest BCUT2D eigenvalue weighted by molar-refractivity contribution is -0.131. The molecule has 0 unspecified atom stereocenters. The maximum Gasteiger partial charge on any atom is 0.222 e. The smallest absolute Gasteiger partial charge is 0.222 e. The van der Waals surface area contributed by atoms with Crippen LogP contribution in [0.5, 0.6) is 0 Å². The molecule has 3 N–H and O–H groups in total. The van der Waals surface area contributed by atoms with Gasteiger partial charge in [0.25, 0.3) is 0 Å². The first-order chi connectivity index (χ1) is 10.2. The lowest BCUT2D eigenvalue weighted by atomic mass is 10.1. The fourth-order valence-corrected chi connectivity index (χ4v) is 2.75. The van der Waals surface area contributed by atoms with Gasteiger partial charge >= 0.3 is 0 Å². The van der Waals surface area contributed by atoms with Gasteiger partial charge in [-0.15, -0.1) is 0 Å². The fraction of sp³-hybridized carbons (Fsp3) is 0.562. The van der Waals surface area contributed by atoms with E-state index in [0.29, 0.717) is 19.4 Å². The Kier molecular flexibility index (Phi) is 6.02. The highest BCUT2D eigenvalue weighted by Gasteiger charge is 2.18. The summed E-state index contributed by atoms with van der Waals surface area (Å²) >= 11 is 0. The number of aryl methyl sites for hydroxylation is 1. The highest BCUT2D eigenvalue weighted by atomic mass is 16.3. The molecular weight excluding hydrogens is 266 g/mol. The Bertz CT molecular complexity index is 465. The molecule has 1 aromatic carbocycles. The van der Waals surface area contributed by atoms with Crippen LogP contribution >= 0.6 is 0 Å². The van der Waals surface area contributed by atoms with Gasteiger partial charge in [0.15, 0.2) is 0 Å². The van der Waals surface area contributed by atoms with Gasteiger partial charge in [-0.1, -0.05) is 18.2 Å². The van der Waals surface area contributed by atoms with Crippen LogP contribution in [-0.2, 0) is 11.2 Å². The molecule has 1 aliphatic heterocycles. The number of nitrogens with two attached hydrogens (primary N) is 1. The van der Waals surface area contributed by atoms with Gasteiger partial charge in [0, 0.05) is 38.3 Å². The van der Waals surface area contributed by atoms with Crippen molar-refractivity contribution in [1.82, 2.24) is 9.80 Å². The van der Waals surface area contributed by atoms with Crippen LogP contribution in [0.15, 0.2) is 24.3 Å². The number of rotatable bonds is 5. The average Bonchev–Trinajstić information content (AvgIpc) is 2.72. The molecule has 1 aromatic rings. The third-order valence-electron chi connectivity index (χ3n) is 4.02. The summed E-state index contributed by atoms with van der Waals surface area (Å²) in [6.45, 7) is 4.24. The largest absolute Gasteiger partial charge is 0.399 e. The van der Waals surface area contributed by atoms with E-state index < -0.39 is 0 Å². The van der Waals surface area contributed by atoms with Crippen LogP contribution in [-0.4, -0.2) is 60.1 Å². The summed E-state index contributed by atoms with van der Waals surface area (Å²) in [5.74, 6) is 0.198. The number of nitrogens with zero attached hydrogens (tertiary/aromatic N) is 2. The quantitative estimate of drug-likeness (QED) is 0.785. The van der Waals surface area contributed by atoms with E-state index in [9.17, 15) is 4.79 Å². The van der Waals surface area contributed by atoms with Crippen LogP contribution in [0.3, 0.4) is 0 Å². The maximum atomic E-state index is 12.3. The van der Waals surface area contributed by atoms with Crippen molar-refractivity contribution < 1.29 is 9.90 Å². The summed E-state index contributed by atoms with van der Waals surface area (Å²) in [6.07, 6.45) is 2.18. The molecule has 1 aliphatic rings. The predicted octanol–water partition coefficient (Wildman–Crippen LogP) is 0.728. The molecule has 1 amide bonds. The second-order valence-corrected chi connectivity index (χ2v) is 5.50. The number of para-hydroxylation sites is 1. The number of nitrogen functional groups attached to an aromatic ring is 1. The Labute approximate surface area is 126 Å². The van der Waals surface area contributed by atoms with Gasteiger partial charge in [0.2, 0.25) is 5.91 Å².